The number of aliphatic hydroxyl groups is 6. The van der Waals surface area contributed by atoms with Gasteiger partial charge in [-0.2, -0.15) is 0 Å². The smallest absolute Gasteiger partial charge is 0.111 e. The van der Waals surface area contributed by atoms with Crippen LogP contribution in [0.15, 0.2) is 0 Å². The van der Waals surface area contributed by atoms with E-state index in [4.69, 9.17) is 15.3 Å². The molecule has 0 fully saturated rings. The molecule has 6 nitrogen and oxygen atoms in total. The van der Waals surface area contributed by atoms with Gasteiger partial charge in [0.2, 0.25) is 0 Å². The topological polar surface area (TPSA) is 121 Å². The van der Waals surface area contributed by atoms with E-state index >= 15 is 0 Å². The van der Waals surface area contributed by atoms with Crippen molar-refractivity contribution in [3.8, 4) is 0 Å². The normalized spacial score (nSPS) is 22.5. The lowest BCUT2D eigenvalue weighted by molar-refractivity contribution is -0.118. The lowest BCUT2D eigenvalue weighted by atomic mass is 9.94. The van der Waals surface area contributed by atoms with Crippen LogP contribution in [-0.2, 0) is 0 Å². The summed E-state index contributed by atoms with van der Waals surface area (Å²) in [5.41, 5.74) is -1.73. The summed E-state index contributed by atoms with van der Waals surface area (Å²) in [7, 11) is 0. The van der Waals surface area contributed by atoms with Crippen LogP contribution in [0.3, 0.4) is 0 Å². The van der Waals surface area contributed by atoms with Crippen molar-refractivity contribution >= 4 is 0 Å². The van der Waals surface area contributed by atoms with Crippen LogP contribution in [0, 0.1) is 0 Å². The van der Waals surface area contributed by atoms with Crippen molar-refractivity contribution in [2.45, 2.75) is 37.3 Å². The van der Waals surface area contributed by atoms with E-state index in [1.807, 2.05) is 0 Å². The quantitative estimate of drug-likeness (QED) is 0.281. The van der Waals surface area contributed by atoms with E-state index in [-0.39, 0.29) is 6.42 Å². The van der Waals surface area contributed by atoms with Gasteiger partial charge in [0.15, 0.2) is 0 Å². The summed E-state index contributed by atoms with van der Waals surface area (Å²) in [5, 5.41) is 54.0. The molecule has 86 valence electrons. The van der Waals surface area contributed by atoms with Crippen molar-refractivity contribution < 1.29 is 30.6 Å². The Morgan fingerprint density at radius 2 is 1.57 bits per heavy atom. The van der Waals surface area contributed by atoms with Gasteiger partial charge in [-0.15, -0.1) is 0 Å². The number of aliphatic hydroxyl groups excluding tert-OH is 5. The van der Waals surface area contributed by atoms with Gasteiger partial charge in [-0.25, -0.2) is 0 Å². The lowest BCUT2D eigenvalue weighted by Gasteiger charge is -2.29. The Morgan fingerprint density at radius 3 is 1.93 bits per heavy atom. The monoisotopic (exact) mass is 210 g/mol. The van der Waals surface area contributed by atoms with Crippen molar-refractivity contribution in [3.63, 3.8) is 0 Å². The first-order valence-corrected chi connectivity index (χ1v) is 4.33. The highest BCUT2D eigenvalue weighted by molar-refractivity contribution is 4.84. The van der Waals surface area contributed by atoms with Gasteiger partial charge in [-0.05, 0) is 6.92 Å². The Labute approximate surface area is 82.1 Å². The maximum Gasteiger partial charge on any atom is 0.111 e. The number of hydrogen-bond donors (Lipinski definition) is 6. The Bertz CT molecular complexity index is 160. The zero-order valence-corrected chi connectivity index (χ0v) is 8.04. The van der Waals surface area contributed by atoms with E-state index in [9.17, 15) is 15.3 Å². The Hall–Kier alpha value is -0.240. The predicted octanol–water partition coefficient (Wildman–Crippen LogP) is -2.81. The van der Waals surface area contributed by atoms with Gasteiger partial charge >= 0.3 is 0 Å². The van der Waals surface area contributed by atoms with Crippen molar-refractivity contribution in [3.05, 3.63) is 0 Å². The minimum Gasteiger partial charge on any atom is -0.394 e. The van der Waals surface area contributed by atoms with Gasteiger partial charge in [0, 0.05) is 6.42 Å². The molecule has 0 amide bonds. The number of rotatable bonds is 6. The fourth-order valence-electron chi connectivity index (χ4n) is 0.867. The van der Waals surface area contributed by atoms with Crippen molar-refractivity contribution in [2.75, 3.05) is 13.2 Å². The molecule has 0 aliphatic rings. The minimum absolute atomic E-state index is 0.324. The third-order valence-electron chi connectivity index (χ3n) is 2.13. The summed E-state index contributed by atoms with van der Waals surface area (Å²) < 4.78 is 0. The Kier molecular flexibility index (Phi) is 5.50. The molecule has 6 N–H and O–H groups in total. The summed E-state index contributed by atoms with van der Waals surface area (Å²) in [5.74, 6) is 0. The van der Waals surface area contributed by atoms with Gasteiger partial charge in [-0.3, -0.25) is 0 Å². The first kappa shape index (κ1) is 13.8. The summed E-state index contributed by atoms with van der Waals surface area (Å²) in [4.78, 5) is 0. The largest absolute Gasteiger partial charge is 0.394 e. The van der Waals surface area contributed by atoms with Crippen molar-refractivity contribution in [1.29, 1.82) is 0 Å². The highest BCUT2D eigenvalue weighted by atomic mass is 16.4. The van der Waals surface area contributed by atoms with Crippen LogP contribution in [0.25, 0.3) is 0 Å². The molecular weight excluding hydrogens is 192 g/mol. The first-order valence-electron chi connectivity index (χ1n) is 4.33. The van der Waals surface area contributed by atoms with E-state index in [1.165, 1.54) is 6.92 Å². The molecule has 6 heteroatoms. The van der Waals surface area contributed by atoms with Crippen molar-refractivity contribution in [1.82, 2.24) is 0 Å². The standard InChI is InChI=1S/C8H18O6/c1-8(14,4-10)7(13)2-5(11)6(12)3-9/h5-7,9-14H,2-4H2,1H3. The third kappa shape index (κ3) is 3.87. The first-order chi connectivity index (χ1) is 6.35. The molecular formula is C8H18O6. The average Bonchev–Trinajstić information content (AvgIpc) is 2.16. The van der Waals surface area contributed by atoms with E-state index in [2.05, 4.69) is 0 Å². The predicted molar refractivity (Wildman–Crippen MR) is 47.4 cm³/mol. The maximum atomic E-state index is 9.34. The van der Waals surface area contributed by atoms with Crippen LogP contribution >= 0.6 is 0 Å². The maximum absolute atomic E-state index is 9.34. The summed E-state index contributed by atoms with van der Waals surface area (Å²) in [6.07, 6.45) is -4.40. The van der Waals surface area contributed by atoms with Crippen LogP contribution in [-0.4, -0.2) is 67.8 Å². The van der Waals surface area contributed by atoms with Gasteiger partial charge in [0.05, 0.1) is 25.4 Å². The molecule has 4 atom stereocenters. The van der Waals surface area contributed by atoms with Crippen LogP contribution in [0.1, 0.15) is 13.3 Å². The molecule has 0 rings (SSSR count). The highest BCUT2D eigenvalue weighted by Crippen LogP contribution is 2.15. The molecule has 0 saturated heterocycles. The zero-order valence-electron chi connectivity index (χ0n) is 8.04. The average molecular weight is 210 g/mol. The summed E-state index contributed by atoms with van der Waals surface area (Å²) >= 11 is 0. The SMILES string of the molecule is CC(O)(CO)C(O)CC(O)C(O)CO. The molecule has 0 aliphatic carbocycles. The molecule has 0 aromatic carbocycles. The summed E-state index contributed by atoms with van der Waals surface area (Å²) in [6, 6.07) is 0. The minimum atomic E-state index is -1.73. The van der Waals surface area contributed by atoms with Crippen molar-refractivity contribution in [2.24, 2.45) is 0 Å². The molecule has 0 aromatic rings. The second-order valence-corrected chi connectivity index (χ2v) is 3.58. The van der Waals surface area contributed by atoms with Crippen LogP contribution in [0.2, 0.25) is 0 Å². The van der Waals surface area contributed by atoms with E-state index < -0.39 is 37.1 Å². The van der Waals surface area contributed by atoms with Gasteiger partial charge in [0.25, 0.3) is 0 Å². The van der Waals surface area contributed by atoms with Crippen LogP contribution < -0.4 is 0 Å². The zero-order chi connectivity index (χ0) is 11.4. The van der Waals surface area contributed by atoms with Crippen LogP contribution in [0.5, 0.6) is 0 Å². The third-order valence-corrected chi connectivity index (χ3v) is 2.13. The van der Waals surface area contributed by atoms with E-state index in [1.54, 1.807) is 0 Å². The molecule has 0 aromatic heterocycles. The molecule has 0 saturated carbocycles. The molecule has 0 bridgehead atoms. The highest BCUT2D eigenvalue weighted by Gasteiger charge is 2.32. The molecule has 0 spiro atoms. The second kappa shape index (κ2) is 5.59. The van der Waals surface area contributed by atoms with Gasteiger partial charge in [0.1, 0.15) is 11.7 Å². The summed E-state index contributed by atoms with van der Waals surface area (Å²) in [6.45, 7) is -0.0824. The Morgan fingerprint density at radius 1 is 1.07 bits per heavy atom. The van der Waals surface area contributed by atoms with E-state index in [0.717, 1.165) is 0 Å². The second-order valence-electron chi connectivity index (χ2n) is 3.58. The van der Waals surface area contributed by atoms with Gasteiger partial charge in [-0.1, -0.05) is 0 Å². The van der Waals surface area contributed by atoms with Gasteiger partial charge < -0.3 is 30.6 Å². The molecule has 14 heavy (non-hydrogen) atoms. The van der Waals surface area contributed by atoms with E-state index in [0.29, 0.717) is 0 Å². The molecule has 0 radical (unpaired) electrons. The number of hydrogen-bond acceptors (Lipinski definition) is 6. The molecule has 0 heterocycles. The molecule has 4 unspecified atom stereocenters. The molecule has 0 aliphatic heterocycles. The lowest BCUT2D eigenvalue weighted by Crippen LogP contribution is -2.46. The fourth-order valence-corrected chi connectivity index (χ4v) is 0.867. The Balaban J connectivity index is 4.11. The van der Waals surface area contributed by atoms with Crippen LogP contribution in [0.4, 0.5) is 0 Å². The fraction of sp³-hybridized carbons (Fsp3) is 1.00.